The van der Waals surface area contributed by atoms with E-state index in [1.165, 1.54) is 12.6 Å². The fourth-order valence-electron chi connectivity index (χ4n) is 1.59. The number of aliphatic carboxylic acids is 1. The van der Waals surface area contributed by atoms with Crippen molar-refractivity contribution in [3.63, 3.8) is 0 Å². The Bertz CT molecular complexity index is 432. The van der Waals surface area contributed by atoms with E-state index in [9.17, 15) is 9.59 Å². The summed E-state index contributed by atoms with van der Waals surface area (Å²) in [4.78, 5) is 23.0. The van der Waals surface area contributed by atoms with Gasteiger partial charge in [0, 0.05) is 13.6 Å². The second-order valence-corrected chi connectivity index (χ2v) is 4.22. The minimum atomic E-state index is -1.02. The zero-order valence-electron chi connectivity index (χ0n) is 10.6. The first-order valence-electron chi connectivity index (χ1n) is 5.75. The summed E-state index contributed by atoms with van der Waals surface area (Å²) < 4.78 is 0. The van der Waals surface area contributed by atoms with E-state index in [-0.39, 0.29) is 12.6 Å². The Morgan fingerprint density at radius 2 is 2.11 bits per heavy atom. The van der Waals surface area contributed by atoms with Crippen LogP contribution in [0.5, 0.6) is 0 Å². The van der Waals surface area contributed by atoms with Crippen LogP contribution >= 0.6 is 0 Å². The van der Waals surface area contributed by atoms with Gasteiger partial charge in [0.15, 0.2) is 0 Å². The topological polar surface area (TPSA) is 69.6 Å². The summed E-state index contributed by atoms with van der Waals surface area (Å²) in [5.74, 6) is -1.02. The summed E-state index contributed by atoms with van der Waals surface area (Å²) in [5, 5.41) is 11.2. The van der Waals surface area contributed by atoms with Crippen LogP contribution in [0.1, 0.15) is 11.1 Å². The largest absolute Gasteiger partial charge is 0.480 e. The van der Waals surface area contributed by atoms with Crippen LogP contribution in [0.2, 0.25) is 0 Å². The van der Waals surface area contributed by atoms with Crippen LogP contribution in [0.15, 0.2) is 24.3 Å². The van der Waals surface area contributed by atoms with Gasteiger partial charge in [-0.05, 0) is 18.9 Å². The molecule has 2 amide bonds. The fourth-order valence-corrected chi connectivity index (χ4v) is 1.59. The Kier molecular flexibility index (Phi) is 5.17. The lowest BCUT2D eigenvalue weighted by Crippen LogP contribution is -2.40. The van der Waals surface area contributed by atoms with Crippen LogP contribution in [0.3, 0.4) is 0 Å². The quantitative estimate of drug-likeness (QED) is 0.826. The summed E-state index contributed by atoms with van der Waals surface area (Å²) in [7, 11) is 1.45. The number of rotatable bonds is 5. The van der Waals surface area contributed by atoms with Crippen LogP contribution in [-0.4, -0.2) is 42.1 Å². The van der Waals surface area contributed by atoms with Gasteiger partial charge in [-0.15, -0.1) is 0 Å². The summed E-state index contributed by atoms with van der Waals surface area (Å²) in [6.45, 7) is 2.21. The summed E-state index contributed by atoms with van der Waals surface area (Å²) >= 11 is 0. The first kappa shape index (κ1) is 14.0. The van der Waals surface area contributed by atoms with Crippen LogP contribution in [-0.2, 0) is 11.2 Å². The molecule has 0 radical (unpaired) electrons. The molecule has 0 aliphatic carbocycles. The number of urea groups is 1. The van der Waals surface area contributed by atoms with Crippen LogP contribution in [0, 0.1) is 6.92 Å². The first-order chi connectivity index (χ1) is 8.49. The maximum absolute atomic E-state index is 11.5. The molecular weight excluding hydrogens is 232 g/mol. The van der Waals surface area contributed by atoms with Crippen LogP contribution in [0.4, 0.5) is 4.79 Å². The molecule has 0 aliphatic rings. The summed E-state index contributed by atoms with van der Waals surface area (Å²) in [6.07, 6.45) is 0.730. The number of carboxylic acids is 1. The Labute approximate surface area is 106 Å². The summed E-state index contributed by atoms with van der Waals surface area (Å²) in [6, 6.07) is 7.68. The predicted molar refractivity (Wildman–Crippen MR) is 68.5 cm³/mol. The standard InChI is InChI=1S/C13H18N2O3/c1-10-4-3-5-11(8-10)6-7-14-13(18)15(2)9-12(16)17/h3-5,8H,6-7,9H2,1-2H3,(H,14,18)(H,16,17). The highest BCUT2D eigenvalue weighted by molar-refractivity contribution is 5.79. The van der Waals surface area contributed by atoms with E-state index >= 15 is 0 Å². The normalized spacial score (nSPS) is 9.89. The van der Waals surface area contributed by atoms with Crippen molar-refractivity contribution in [3.8, 4) is 0 Å². The highest BCUT2D eigenvalue weighted by atomic mass is 16.4. The molecule has 0 spiro atoms. The molecule has 0 unspecified atom stereocenters. The van der Waals surface area contributed by atoms with Crippen molar-refractivity contribution in [1.29, 1.82) is 0 Å². The minimum absolute atomic E-state index is 0.295. The molecule has 1 aromatic rings. The van der Waals surface area contributed by atoms with E-state index in [2.05, 4.69) is 11.4 Å². The van der Waals surface area contributed by atoms with E-state index in [0.29, 0.717) is 6.54 Å². The number of aryl methyl sites for hydroxylation is 1. The number of carbonyl (C=O) groups is 2. The Morgan fingerprint density at radius 1 is 1.39 bits per heavy atom. The molecule has 2 N–H and O–H groups in total. The maximum atomic E-state index is 11.5. The zero-order valence-corrected chi connectivity index (χ0v) is 10.6. The van der Waals surface area contributed by atoms with Gasteiger partial charge in [-0.25, -0.2) is 4.79 Å². The third-order valence-corrected chi connectivity index (χ3v) is 2.49. The highest BCUT2D eigenvalue weighted by Crippen LogP contribution is 2.03. The van der Waals surface area contributed by atoms with Gasteiger partial charge < -0.3 is 15.3 Å². The molecule has 1 rings (SSSR count). The van der Waals surface area contributed by atoms with Crippen molar-refractivity contribution in [1.82, 2.24) is 10.2 Å². The molecule has 0 bridgehead atoms. The van der Waals surface area contributed by atoms with Gasteiger partial charge in [0.25, 0.3) is 0 Å². The Balaban J connectivity index is 2.33. The molecule has 1 aromatic carbocycles. The van der Waals surface area contributed by atoms with Gasteiger partial charge in [0.1, 0.15) is 6.54 Å². The first-order valence-corrected chi connectivity index (χ1v) is 5.75. The van der Waals surface area contributed by atoms with Crippen LogP contribution in [0.25, 0.3) is 0 Å². The number of hydrogen-bond donors (Lipinski definition) is 2. The smallest absolute Gasteiger partial charge is 0.323 e. The molecule has 0 atom stereocenters. The number of nitrogens with zero attached hydrogens (tertiary/aromatic N) is 1. The Morgan fingerprint density at radius 3 is 2.72 bits per heavy atom. The van der Waals surface area contributed by atoms with Gasteiger partial charge in [0.2, 0.25) is 0 Å². The molecule has 0 saturated heterocycles. The predicted octanol–water partition coefficient (Wildman–Crippen LogP) is 1.26. The average molecular weight is 250 g/mol. The van der Waals surface area contributed by atoms with Crippen molar-refractivity contribution < 1.29 is 14.7 Å². The third-order valence-electron chi connectivity index (χ3n) is 2.49. The number of nitrogens with one attached hydrogen (secondary N) is 1. The van der Waals surface area contributed by atoms with Gasteiger partial charge in [-0.2, -0.15) is 0 Å². The van der Waals surface area contributed by atoms with Crippen molar-refractivity contribution >= 4 is 12.0 Å². The van der Waals surface area contributed by atoms with E-state index in [1.54, 1.807) is 0 Å². The minimum Gasteiger partial charge on any atom is -0.480 e. The number of likely N-dealkylation sites (N-methyl/N-ethyl adjacent to an activating group) is 1. The van der Waals surface area contributed by atoms with Crippen molar-refractivity contribution in [2.45, 2.75) is 13.3 Å². The molecule has 0 aromatic heterocycles. The summed E-state index contributed by atoms with van der Waals surface area (Å²) in [5.41, 5.74) is 2.33. The van der Waals surface area contributed by atoms with E-state index in [0.717, 1.165) is 16.9 Å². The fraction of sp³-hybridized carbons (Fsp3) is 0.385. The highest BCUT2D eigenvalue weighted by Gasteiger charge is 2.10. The van der Waals surface area contributed by atoms with Gasteiger partial charge in [0.05, 0.1) is 0 Å². The number of carbonyl (C=O) groups excluding carboxylic acids is 1. The maximum Gasteiger partial charge on any atom is 0.323 e. The van der Waals surface area contributed by atoms with Gasteiger partial charge in [-0.1, -0.05) is 29.8 Å². The molecule has 5 heteroatoms. The van der Waals surface area contributed by atoms with E-state index < -0.39 is 5.97 Å². The number of benzene rings is 1. The molecule has 0 heterocycles. The van der Waals surface area contributed by atoms with Gasteiger partial charge in [-0.3, -0.25) is 4.79 Å². The third kappa shape index (κ3) is 4.86. The number of amides is 2. The van der Waals surface area contributed by atoms with Crippen molar-refractivity contribution in [2.24, 2.45) is 0 Å². The number of carboxylic acid groups (broad SMARTS) is 1. The molecule has 0 fully saturated rings. The molecule has 18 heavy (non-hydrogen) atoms. The SMILES string of the molecule is Cc1cccc(CCNC(=O)N(C)CC(=O)O)c1. The lowest BCUT2D eigenvalue weighted by atomic mass is 10.1. The average Bonchev–Trinajstić information content (AvgIpc) is 2.28. The van der Waals surface area contributed by atoms with Gasteiger partial charge >= 0.3 is 12.0 Å². The molecule has 98 valence electrons. The Hall–Kier alpha value is -2.04. The monoisotopic (exact) mass is 250 g/mol. The van der Waals surface area contributed by atoms with E-state index in [1.807, 2.05) is 25.1 Å². The lowest BCUT2D eigenvalue weighted by Gasteiger charge is -2.15. The van der Waals surface area contributed by atoms with Crippen molar-refractivity contribution in [2.75, 3.05) is 20.1 Å². The second-order valence-electron chi connectivity index (χ2n) is 4.22. The zero-order chi connectivity index (χ0) is 13.5. The second kappa shape index (κ2) is 6.64. The lowest BCUT2D eigenvalue weighted by molar-refractivity contribution is -0.137. The van der Waals surface area contributed by atoms with E-state index in [4.69, 9.17) is 5.11 Å². The molecule has 5 nitrogen and oxygen atoms in total. The van der Waals surface area contributed by atoms with Crippen molar-refractivity contribution in [3.05, 3.63) is 35.4 Å². The molecular formula is C13H18N2O3. The molecule has 0 saturated carbocycles. The number of hydrogen-bond acceptors (Lipinski definition) is 2. The molecule has 0 aliphatic heterocycles. The van der Waals surface area contributed by atoms with Crippen LogP contribution < -0.4 is 5.32 Å².